The van der Waals surface area contributed by atoms with Crippen molar-refractivity contribution in [3.05, 3.63) is 82.8 Å². The molecule has 2 aliphatic rings. The Morgan fingerprint density at radius 3 is 2.70 bits per heavy atom. The molecule has 0 spiro atoms. The molecule has 37 heavy (non-hydrogen) atoms. The molecule has 0 fully saturated rings. The van der Waals surface area contributed by atoms with Crippen molar-refractivity contribution in [2.75, 3.05) is 0 Å². The number of carbonyl (C=O) groups excluding carboxylic acids is 3. The molecule has 3 amide bonds. The zero-order chi connectivity index (χ0) is 26.6. The summed E-state index contributed by atoms with van der Waals surface area (Å²) in [5.74, 6) is -0.818. The highest BCUT2D eigenvalue weighted by Crippen LogP contribution is 2.42. The van der Waals surface area contributed by atoms with Crippen molar-refractivity contribution in [2.45, 2.75) is 57.8 Å². The third-order valence-corrected chi connectivity index (χ3v) is 7.87. The van der Waals surface area contributed by atoms with Crippen molar-refractivity contribution in [1.29, 1.82) is 0 Å². The Balaban J connectivity index is 1.57. The molecule has 0 radical (unpaired) electrons. The normalized spacial score (nSPS) is 20.3. The molecule has 194 valence electrons. The van der Waals surface area contributed by atoms with Crippen LogP contribution in [0.2, 0.25) is 0 Å². The lowest BCUT2D eigenvalue weighted by molar-refractivity contribution is -0.131. The van der Waals surface area contributed by atoms with Gasteiger partial charge in [0.15, 0.2) is 0 Å². The minimum absolute atomic E-state index is 0.113. The quantitative estimate of drug-likeness (QED) is 0.284. The van der Waals surface area contributed by atoms with E-state index in [1.54, 1.807) is 25.2 Å². The molecule has 7 nitrogen and oxygen atoms in total. The van der Waals surface area contributed by atoms with E-state index in [2.05, 4.69) is 47.2 Å². The van der Waals surface area contributed by atoms with Gasteiger partial charge in [-0.25, -0.2) is 0 Å². The van der Waals surface area contributed by atoms with Crippen molar-refractivity contribution in [3.63, 3.8) is 0 Å². The van der Waals surface area contributed by atoms with Gasteiger partial charge in [0, 0.05) is 23.0 Å². The van der Waals surface area contributed by atoms with Crippen molar-refractivity contribution in [3.8, 4) is 0 Å². The van der Waals surface area contributed by atoms with Gasteiger partial charge in [0.25, 0.3) is 0 Å². The lowest BCUT2D eigenvalue weighted by atomic mass is 9.71. The Morgan fingerprint density at radius 1 is 1.16 bits per heavy atom. The van der Waals surface area contributed by atoms with E-state index in [1.807, 2.05) is 41.8 Å². The highest BCUT2D eigenvalue weighted by atomic mass is 32.1. The van der Waals surface area contributed by atoms with E-state index >= 15 is 0 Å². The molecule has 1 heterocycles. The summed E-state index contributed by atoms with van der Waals surface area (Å²) in [6.07, 6.45) is 14.0. The average molecular weight is 519 g/mol. The molecule has 1 aromatic carbocycles. The fourth-order valence-electron chi connectivity index (χ4n) is 4.76. The summed E-state index contributed by atoms with van der Waals surface area (Å²) in [4.78, 5) is 37.8. The molecule has 3 atom stereocenters. The average Bonchev–Trinajstić information content (AvgIpc) is 3.25. The number of amides is 3. The second kappa shape index (κ2) is 10.9. The third kappa shape index (κ3) is 6.09. The van der Waals surface area contributed by atoms with Gasteiger partial charge in [0.1, 0.15) is 12.2 Å². The third-order valence-electron chi connectivity index (χ3n) is 6.86. The number of carbonyl (C=O) groups is 3. The maximum atomic E-state index is 13.6. The fourth-order valence-corrected chi connectivity index (χ4v) is 5.73. The number of hydrogen-bond donors (Lipinski definition) is 4. The van der Waals surface area contributed by atoms with E-state index in [4.69, 9.17) is 5.73 Å². The summed E-state index contributed by atoms with van der Waals surface area (Å²) in [6, 6.07) is 7.09. The summed E-state index contributed by atoms with van der Waals surface area (Å²) in [6.45, 7) is 5.37. The molecule has 2 aliphatic carbocycles. The first-order valence-electron chi connectivity index (χ1n) is 12.4. The van der Waals surface area contributed by atoms with Crippen LogP contribution in [0.15, 0.2) is 77.2 Å². The molecule has 8 heteroatoms. The van der Waals surface area contributed by atoms with Gasteiger partial charge in [-0.2, -0.15) is 0 Å². The van der Waals surface area contributed by atoms with Crippen LogP contribution in [-0.2, 0) is 20.8 Å². The Bertz CT molecular complexity index is 1310. The van der Waals surface area contributed by atoms with Gasteiger partial charge in [-0.3, -0.25) is 14.4 Å². The highest BCUT2D eigenvalue weighted by molar-refractivity contribution is 7.17. The second-order valence-corrected chi connectivity index (χ2v) is 11.4. The standard InChI is InChI=1S/C29H34N4O3S/c1-28(2,30)27(36)32-23(15-20-17-37-24-12-5-4-10-21(20)24)26(35)33-25(31-18-34)16-19-9-8-14-29(3)13-7-6-11-22(19)29/h4-13,17-18,23,25H,14-16,30H2,1-3H3,(H,31,34)(H,32,36)(H,33,35)/t23-,25-,29?/m1/s1. The Hall–Kier alpha value is -3.49. The second-order valence-electron chi connectivity index (χ2n) is 10.4. The van der Waals surface area contributed by atoms with E-state index < -0.39 is 23.7 Å². The van der Waals surface area contributed by atoms with Gasteiger partial charge in [-0.1, -0.05) is 61.6 Å². The first-order chi connectivity index (χ1) is 17.6. The zero-order valence-electron chi connectivity index (χ0n) is 21.4. The van der Waals surface area contributed by atoms with Crippen molar-refractivity contribution in [2.24, 2.45) is 11.1 Å². The van der Waals surface area contributed by atoms with Gasteiger partial charge in [-0.15, -0.1) is 11.3 Å². The van der Waals surface area contributed by atoms with Crippen LogP contribution in [0.3, 0.4) is 0 Å². The minimum Gasteiger partial charge on any atom is -0.342 e. The molecule has 5 N–H and O–H groups in total. The molecular weight excluding hydrogens is 484 g/mol. The zero-order valence-corrected chi connectivity index (χ0v) is 22.2. The predicted molar refractivity (Wildman–Crippen MR) is 149 cm³/mol. The van der Waals surface area contributed by atoms with Crippen LogP contribution >= 0.6 is 11.3 Å². The molecule has 2 aromatic rings. The van der Waals surface area contributed by atoms with Crippen LogP contribution in [0.4, 0.5) is 0 Å². The molecule has 0 aliphatic heterocycles. The van der Waals surface area contributed by atoms with Crippen LogP contribution < -0.4 is 21.7 Å². The maximum Gasteiger partial charge on any atom is 0.244 e. The number of rotatable bonds is 10. The topological polar surface area (TPSA) is 113 Å². The first-order valence-corrected chi connectivity index (χ1v) is 13.3. The fraction of sp³-hybridized carbons (Fsp3) is 0.345. The van der Waals surface area contributed by atoms with Gasteiger partial charge in [0.2, 0.25) is 18.2 Å². The van der Waals surface area contributed by atoms with Gasteiger partial charge >= 0.3 is 0 Å². The summed E-state index contributed by atoms with van der Waals surface area (Å²) in [7, 11) is 0. The van der Waals surface area contributed by atoms with Crippen LogP contribution in [0.5, 0.6) is 0 Å². The van der Waals surface area contributed by atoms with E-state index in [-0.39, 0.29) is 11.3 Å². The molecule has 1 unspecified atom stereocenters. The lowest BCUT2D eigenvalue weighted by Crippen LogP contribution is -2.58. The van der Waals surface area contributed by atoms with Gasteiger partial charge < -0.3 is 21.7 Å². The smallest absolute Gasteiger partial charge is 0.244 e. The Labute approximate surface area is 221 Å². The number of thiophene rings is 1. The monoisotopic (exact) mass is 518 g/mol. The largest absolute Gasteiger partial charge is 0.342 e. The number of allylic oxidation sites excluding steroid dienone is 7. The molecule has 0 bridgehead atoms. The summed E-state index contributed by atoms with van der Waals surface area (Å²) in [5, 5.41) is 11.6. The van der Waals surface area contributed by atoms with Gasteiger partial charge in [0.05, 0.1) is 5.54 Å². The van der Waals surface area contributed by atoms with Crippen LogP contribution in [0.1, 0.15) is 39.2 Å². The summed E-state index contributed by atoms with van der Waals surface area (Å²) in [5.41, 5.74) is 7.92. The summed E-state index contributed by atoms with van der Waals surface area (Å²) < 4.78 is 1.11. The van der Waals surface area contributed by atoms with Crippen molar-refractivity contribution in [1.82, 2.24) is 16.0 Å². The number of hydrogen-bond acceptors (Lipinski definition) is 5. The number of benzene rings is 1. The number of fused-ring (bicyclic) bond motifs is 2. The Kier molecular flexibility index (Phi) is 7.80. The van der Waals surface area contributed by atoms with Crippen LogP contribution in [0, 0.1) is 5.41 Å². The molecule has 0 saturated heterocycles. The van der Waals surface area contributed by atoms with Crippen molar-refractivity contribution >= 4 is 39.6 Å². The maximum absolute atomic E-state index is 13.6. The Morgan fingerprint density at radius 2 is 1.95 bits per heavy atom. The number of nitrogens with one attached hydrogen (secondary N) is 3. The predicted octanol–water partition coefficient (Wildman–Crippen LogP) is 3.63. The van der Waals surface area contributed by atoms with Crippen LogP contribution in [-0.4, -0.2) is 36.0 Å². The van der Waals surface area contributed by atoms with E-state index in [0.717, 1.165) is 27.6 Å². The van der Waals surface area contributed by atoms with Crippen LogP contribution in [0.25, 0.3) is 10.1 Å². The molecule has 0 saturated carbocycles. The molecule has 4 rings (SSSR count). The van der Waals surface area contributed by atoms with Crippen molar-refractivity contribution < 1.29 is 14.4 Å². The van der Waals surface area contributed by atoms with E-state index in [1.165, 1.54) is 5.57 Å². The van der Waals surface area contributed by atoms with E-state index in [9.17, 15) is 14.4 Å². The SMILES string of the molecule is CC(C)(N)C(=O)N[C@H](Cc1csc2ccccc12)C(=O)N[C@H](CC1=C2C=CC=CC2(C)CC=C1)NC=O. The minimum atomic E-state index is -1.15. The lowest BCUT2D eigenvalue weighted by Gasteiger charge is -2.34. The molecular formula is C29H34N4O3S. The number of nitrogens with two attached hydrogens (primary N) is 1. The molecule has 1 aromatic heterocycles. The summed E-state index contributed by atoms with van der Waals surface area (Å²) >= 11 is 1.59. The first kappa shape index (κ1) is 26.6. The highest BCUT2D eigenvalue weighted by Gasteiger charge is 2.32. The van der Waals surface area contributed by atoms with E-state index in [0.29, 0.717) is 19.3 Å². The van der Waals surface area contributed by atoms with Gasteiger partial charge in [-0.05, 0) is 53.8 Å².